The molecule has 6 nitrogen and oxygen atoms in total. The minimum Gasteiger partial charge on any atom is -0.404 e. The summed E-state index contributed by atoms with van der Waals surface area (Å²) in [6.45, 7) is 2.55. The fraction of sp³-hybridized carbons (Fsp3) is 0.333. The first kappa shape index (κ1) is 22.5. The monoisotopic (exact) mass is 435 g/mol. The van der Waals surface area contributed by atoms with E-state index in [1.165, 1.54) is 12.4 Å². The Morgan fingerprint density at radius 1 is 1.39 bits per heavy atom. The molecule has 3 rings (SSSR count). The zero-order chi connectivity index (χ0) is 22.2. The van der Waals surface area contributed by atoms with Crippen LogP contribution in [0.15, 0.2) is 53.3 Å². The van der Waals surface area contributed by atoms with E-state index in [-0.39, 0.29) is 17.9 Å². The van der Waals surface area contributed by atoms with E-state index in [2.05, 4.69) is 28.3 Å². The fourth-order valence-corrected chi connectivity index (χ4v) is 3.79. The lowest BCUT2D eigenvalue weighted by Gasteiger charge is -2.36. The molecule has 3 N–H and O–H groups in total. The topological polar surface area (TPSA) is 104 Å². The van der Waals surface area contributed by atoms with Crippen LogP contribution in [0.4, 0.5) is 0 Å². The minimum atomic E-state index is -0.252. The average molecular weight is 436 g/mol. The second-order valence-electron chi connectivity index (χ2n) is 7.68. The van der Waals surface area contributed by atoms with Gasteiger partial charge in [0.25, 0.3) is 5.91 Å². The molecule has 0 atom stereocenters. The first-order chi connectivity index (χ1) is 15.0. The van der Waals surface area contributed by atoms with Crippen molar-refractivity contribution >= 4 is 23.7 Å². The van der Waals surface area contributed by atoms with Crippen LogP contribution in [-0.4, -0.2) is 23.1 Å². The van der Waals surface area contributed by atoms with Crippen molar-refractivity contribution in [2.24, 2.45) is 10.7 Å². The van der Waals surface area contributed by atoms with Crippen LogP contribution >= 0.6 is 11.6 Å². The number of amides is 1. The maximum absolute atomic E-state index is 12.5. The Morgan fingerprint density at radius 3 is 2.84 bits per heavy atom. The van der Waals surface area contributed by atoms with Gasteiger partial charge in [0.2, 0.25) is 0 Å². The number of aromatic nitrogens is 1. The molecule has 0 aliphatic heterocycles. The van der Waals surface area contributed by atoms with Crippen LogP contribution in [0.25, 0.3) is 0 Å². The summed E-state index contributed by atoms with van der Waals surface area (Å²) in [6.07, 6.45) is 8.11. The lowest BCUT2D eigenvalue weighted by Crippen LogP contribution is -2.44. The van der Waals surface area contributed by atoms with Gasteiger partial charge in [-0.3, -0.25) is 14.8 Å². The van der Waals surface area contributed by atoms with Crippen molar-refractivity contribution in [2.45, 2.75) is 51.1 Å². The molecule has 0 spiro atoms. The molecule has 0 saturated heterocycles. The van der Waals surface area contributed by atoms with E-state index >= 15 is 0 Å². The Balaban J connectivity index is 1.50. The van der Waals surface area contributed by atoms with Crippen LogP contribution in [0.5, 0.6) is 0 Å². The quantitative estimate of drug-likeness (QED) is 0.482. The lowest BCUT2D eigenvalue weighted by molar-refractivity contribution is -0.118. The number of hydrogen-bond donors (Lipinski definition) is 2. The summed E-state index contributed by atoms with van der Waals surface area (Å²) in [5.41, 5.74) is 9.57. The molecule has 1 aliphatic rings. The van der Waals surface area contributed by atoms with Crippen LogP contribution in [0.3, 0.4) is 0 Å². The number of benzene rings is 1. The number of aryl methyl sites for hydroxylation is 1. The molecule has 31 heavy (non-hydrogen) atoms. The summed E-state index contributed by atoms with van der Waals surface area (Å²) in [6, 6.07) is 11.5. The van der Waals surface area contributed by atoms with E-state index in [0.29, 0.717) is 22.7 Å². The summed E-state index contributed by atoms with van der Waals surface area (Å²) in [4.78, 5) is 21.3. The summed E-state index contributed by atoms with van der Waals surface area (Å²) in [7, 11) is 0. The van der Waals surface area contributed by atoms with Crippen molar-refractivity contribution in [3.05, 3.63) is 75.7 Å². The van der Waals surface area contributed by atoms with Gasteiger partial charge in [-0.15, -0.1) is 0 Å². The molecule has 1 heterocycles. The molecular weight excluding hydrogens is 410 g/mol. The van der Waals surface area contributed by atoms with Gasteiger partial charge in [0.05, 0.1) is 23.8 Å². The number of carbonyl (C=O) groups is 1. The Hall–Kier alpha value is -3.17. The highest BCUT2D eigenvalue weighted by atomic mass is 35.5. The summed E-state index contributed by atoms with van der Waals surface area (Å²) >= 11 is 6.08. The van der Waals surface area contributed by atoms with Gasteiger partial charge in [-0.05, 0) is 60.6 Å². The molecule has 1 fully saturated rings. The van der Waals surface area contributed by atoms with Crippen LogP contribution in [0.2, 0.25) is 5.02 Å². The number of nitrogens with zero attached hydrogens (tertiary/aromatic N) is 3. The minimum absolute atomic E-state index is 0.0293. The number of carbonyl (C=O) groups excluding carboxylic acids is 1. The Kier molecular flexibility index (Phi) is 7.80. The van der Waals surface area contributed by atoms with Crippen molar-refractivity contribution in [1.29, 1.82) is 5.26 Å². The molecule has 1 saturated carbocycles. The van der Waals surface area contributed by atoms with E-state index < -0.39 is 0 Å². The summed E-state index contributed by atoms with van der Waals surface area (Å²) < 4.78 is 0. The molecule has 1 aliphatic carbocycles. The van der Waals surface area contributed by atoms with Gasteiger partial charge in [0.15, 0.2) is 0 Å². The predicted octanol–water partition coefficient (Wildman–Crippen LogP) is 4.03. The third kappa shape index (κ3) is 5.93. The molecule has 1 amide bonds. The zero-order valence-corrected chi connectivity index (χ0v) is 18.3. The van der Waals surface area contributed by atoms with Gasteiger partial charge in [-0.1, -0.05) is 31.0 Å². The standard InChI is InChI=1S/C24H26ClN5O/c1-2-3-21-7-4-16(14-29-21)13-28-15-19(12-27)24(31)30-22-8-18(9-22)23-10-20(25)6-5-17(23)11-26/h4-7,10,12,14-15,18,22H,2-3,8-9,13,27H2,1H3,(H,30,31)/b19-12+,28-15?. The van der Waals surface area contributed by atoms with Crippen molar-refractivity contribution in [1.82, 2.24) is 10.3 Å². The molecule has 160 valence electrons. The van der Waals surface area contributed by atoms with Crippen LogP contribution in [-0.2, 0) is 17.8 Å². The Bertz CT molecular complexity index is 1020. The Morgan fingerprint density at radius 2 is 2.19 bits per heavy atom. The molecule has 0 bridgehead atoms. The van der Waals surface area contributed by atoms with Gasteiger partial charge in [-0.2, -0.15) is 5.26 Å². The lowest BCUT2D eigenvalue weighted by atomic mass is 9.74. The van der Waals surface area contributed by atoms with E-state index in [1.54, 1.807) is 12.1 Å². The average Bonchev–Trinajstić information content (AvgIpc) is 2.74. The number of nitrogens with two attached hydrogens (primary N) is 1. The zero-order valence-electron chi connectivity index (χ0n) is 17.5. The van der Waals surface area contributed by atoms with Crippen molar-refractivity contribution in [3.8, 4) is 6.07 Å². The first-order valence-electron chi connectivity index (χ1n) is 10.4. The number of rotatable bonds is 8. The number of aliphatic imine (C=N–C) groups is 1. The van der Waals surface area contributed by atoms with Crippen LogP contribution < -0.4 is 11.1 Å². The molecule has 2 aromatic rings. The van der Waals surface area contributed by atoms with E-state index in [0.717, 1.165) is 42.5 Å². The van der Waals surface area contributed by atoms with Gasteiger partial charge in [-0.25, -0.2) is 0 Å². The molecule has 1 aromatic carbocycles. The molecule has 1 aromatic heterocycles. The van der Waals surface area contributed by atoms with Gasteiger partial charge in [0, 0.05) is 35.4 Å². The van der Waals surface area contributed by atoms with Crippen molar-refractivity contribution in [3.63, 3.8) is 0 Å². The number of hydrogen-bond acceptors (Lipinski definition) is 5. The molecule has 0 unspecified atom stereocenters. The van der Waals surface area contributed by atoms with E-state index in [4.69, 9.17) is 17.3 Å². The van der Waals surface area contributed by atoms with Crippen LogP contribution in [0.1, 0.15) is 54.5 Å². The number of nitrogens with one attached hydrogen (secondary N) is 1. The summed E-state index contributed by atoms with van der Waals surface area (Å²) in [5, 5.41) is 12.9. The highest BCUT2D eigenvalue weighted by Crippen LogP contribution is 2.39. The SMILES string of the molecule is CCCc1ccc(CN=C/C(=C\N)C(=O)NC2CC(c3cc(Cl)ccc3C#N)C2)cn1. The highest BCUT2D eigenvalue weighted by Gasteiger charge is 2.33. The maximum Gasteiger partial charge on any atom is 0.254 e. The maximum atomic E-state index is 12.5. The second-order valence-corrected chi connectivity index (χ2v) is 8.12. The normalized spacial score (nSPS) is 18.4. The van der Waals surface area contributed by atoms with Gasteiger partial charge < -0.3 is 11.1 Å². The second kappa shape index (κ2) is 10.7. The number of halogens is 1. The molecular formula is C24H26ClN5O. The number of nitriles is 1. The third-order valence-corrected chi connectivity index (χ3v) is 5.62. The first-order valence-corrected chi connectivity index (χ1v) is 10.8. The Labute approximate surface area is 187 Å². The predicted molar refractivity (Wildman–Crippen MR) is 123 cm³/mol. The largest absolute Gasteiger partial charge is 0.404 e. The van der Waals surface area contributed by atoms with E-state index in [1.807, 2.05) is 24.4 Å². The van der Waals surface area contributed by atoms with Crippen LogP contribution in [0, 0.1) is 11.3 Å². The fourth-order valence-electron chi connectivity index (χ4n) is 3.61. The molecule has 0 radical (unpaired) electrons. The van der Waals surface area contributed by atoms with Gasteiger partial charge in [0.1, 0.15) is 0 Å². The molecule has 7 heteroatoms. The highest BCUT2D eigenvalue weighted by molar-refractivity contribution is 6.30. The number of pyridine rings is 1. The van der Waals surface area contributed by atoms with Crippen molar-refractivity contribution in [2.75, 3.05) is 0 Å². The van der Waals surface area contributed by atoms with Crippen molar-refractivity contribution < 1.29 is 4.79 Å². The summed E-state index contributed by atoms with van der Waals surface area (Å²) in [5.74, 6) is -0.0430. The van der Waals surface area contributed by atoms with E-state index in [9.17, 15) is 10.1 Å². The smallest absolute Gasteiger partial charge is 0.254 e. The third-order valence-electron chi connectivity index (χ3n) is 5.39. The van der Waals surface area contributed by atoms with Gasteiger partial charge >= 0.3 is 0 Å².